The van der Waals surface area contributed by atoms with Crippen molar-refractivity contribution in [2.75, 3.05) is 26.5 Å². The summed E-state index contributed by atoms with van der Waals surface area (Å²) >= 11 is 0. The van der Waals surface area contributed by atoms with Gasteiger partial charge in [0.25, 0.3) is 5.91 Å². The zero-order valence-electron chi connectivity index (χ0n) is 14.0. The molecule has 0 heterocycles. The summed E-state index contributed by atoms with van der Waals surface area (Å²) in [5, 5.41) is 2.70. The van der Waals surface area contributed by atoms with Gasteiger partial charge in [0.2, 0.25) is 10.0 Å². The summed E-state index contributed by atoms with van der Waals surface area (Å²) in [6.45, 7) is 1.93. The first-order chi connectivity index (χ1) is 11.3. The molecule has 0 atom stereocenters. The Kier molecular flexibility index (Phi) is 5.26. The molecule has 0 spiro atoms. The Morgan fingerprint density at radius 3 is 2.25 bits per heavy atom. The van der Waals surface area contributed by atoms with E-state index in [2.05, 4.69) is 5.32 Å². The van der Waals surface area contributed by atoms with E-state index in [-0.39, 0.29) is 16.6 Å². The van der Waals surface area contributed by atoms with E-state index in [9.17, 15) is 13.2 Å². The van der Waals surface area contributed by atoms with Crippen LogP contribution in [0.2, 0.25) is 0 Å². The number of rotatable bonds is 5. The van der Waals surface area contributed by atoms with Crippen molar-refractivity contribution < 1.29 is 17.9 Å². The van der Waals surface area contributed by atoms with E-state index in [4.69, 9.17) is 4.74 Å². The smallest absolute Gasteiger partial charge is 0.255 e. The fraction of sp³-hybridized carbons (Fsp3) is 0.235. The predicted octanol–water partition coefficient (Wildman–Crippen LogP) is 2.51. The highest BCUT2D eigenvalue weighted by Gasteiger charge is 2.23. The Balaban J connectivity index is 2.35. The zero-order valence-corrected chi connectivity index (χ0v) is 14.8. The van der Waals surface area contributed by atoms with Gasteiger partial charge < -0.3 is 10.1 Å². The van der Waals surface area contributed by atoms with Gasteiger partial charge in [0, 0.05) is 25.3 Å². The average Bonchev–Trinajstić information content (AvgIpc) is 2.55. The lowest BCUT2D eigenvalue weighted by molar-refractivity contribution is 0.102. The first-order valence-corrected chi connectivity index (χ1v) is 8.68. The van der Waals surface area contributed by atoms with Crippen LogP contribution in [0.3, 0.4) is 0 Å². The first-order valence-electron chi connectivity index (χ1n) is 7.24. The van der Waals surface area contributed by atoms with Crippen LogP contribution < -0.4 is 10.1 Å². The highest BCUT2D eigenvalue weighted by atomic mass is 32.2. The summed E-state index contributed by atoms with van der Waals surface area (Å²) in [7, 11) is 0.580. The second-order valence-corrected chi connectivity index (χ2v) is 7.59. The van der Waals surface area contributed by atoms with E-state index in [1.54, 1.807) is 18.2 Å². The number of anilines is 1. The lowest BCUT2D eigenvalue weighted by Gasteiger charge is -2.16. The van der Waals surface area contributed by atoms with Crippen molar-refractivity contribution in [2.45, 2.75) is 11.8 Å². The minimum absolute atomic E-state index is 0.00305. The van der Waals surface area contributed by atoms with Gasteiger partial charge in [0.05, 0.1) is 7.11 Å². The van der Waals surface area contributed by atoms with Gasteiger partial charge in [-0.1, -0.05) is 17.7 Å². The Morgan fingerprint density at radius 1 is 1.08 bits per heavy atom. The van der Waals surface area contributed by atoms with Gasteiger partial charge >= 0.3 is 0 Å². The Bertz CT molecular complexity index is 843. The van der Waals surface area contributed by atoms with Crippen molar-refractivity contribution in [3.63, 3.8) is 0 Å². The Hall–Kier alpha value is -2.38. The Labute approximate surface area is 142 Å². The van der Waals surface area contributed by atoms with Crippen molar-refractivity contribution in [1.82, 2.24) is 4.31 Å². The topological polar surface area (TPSA) is 75.7 Å². The molecule has 2 aromatic rings. The molecular weight excluding hydrogens is 328 g/mol. The van der Waals surface area contributed by atoms with Crippen molar-refractivity contribution in [3.8, 4) is 5.75 Å². The molecule has 0 bridgehead atoms. The molecule has 0 aromatic heterocycles. The highest BCUT2D eigenvalue weighted by molar-refractivity contribution is 7.89. The molecule has 0 saturated carbocycles. The van der Waals surface area contributed by atoms with Crippen LogP contribution in [0.15, 0.2) is 47.4 Å². The molecule has 0 fully saturated rings. The number of carbonyl (C=O) groups is 1. The van der Waals surface area contributed by atoms with Crippen LogP contribution >= 0.6 is 0 Å². The number of nitrogens with zero attached hydrogens (tertiary/aromatic N) is 1. The Morgan fingerprint density at radius 2 is 1.71 bits per heavy atom. The van der Waals surface area contributed by atoms with E-state index in [0.717, 1.165) is 9.87 Å². The molecule has 6 nitrogen and oxygen atoms in total. The summed E-state index contributed by atoms with van der Waals surface area (Å²) in [5.74, 6) is -0.0922. The molecule has 2 aromatic carbocycles. The quantitative estimate of drug-likeness (QED) is 0.901. The van der Waals surface area contributed by atoms with Crippen LogP contribution in [-0.2, 0) is 10.0 Å². The largest absolute Gasteiger partial charge is 0.495 e. The summed E-state index contributed by atoms with van der Waals surface area (Å²) < 4.78 is 31.0. The van der Waals surface area contributed by atoms with Gasteiger partial charge in [-0.25, -0.2) is 12.7 Å². The molecule has 1 amide bonds. The second kappa shape index (κ2) is 7.02. The van der Waals surface area contributed by atoms with E-state index < -0.39 is 10.0 Å². The average molecular weight is 348 g/mol. The molecule has 1 N–H and O–H groups in total. The van der Waals surface area contributed by atoms with Gasteiger partial charge in [-0.15, -0.1) is 0 Å². The van der Waals surface area contributed by atoms with Crippen LogP contribution in [0.4, 0.5) is 5.69 Å². The minimum Gasteiger partial charge on any atom is -0.495 e. The number of amides is 1. The van der Waals surface area contributed by atoms with Gasteiger partial charge in [-0.2, -0.15) is 0 Å². The zero-order chi connectivity index (χ0) is 17.9. The molecule has 0 aliphatic rings. The second-order valence-electron chi connectivity index (χ2n) is 5.47. The number of methoxy groups -OCH3 is 1. The van der Waals surface area contributed by atoms with E-state index in [1.807, 2.05) is 19.1 Å². The van der Waals surface area contributed by atoms with Crippen LogP contribution in [0, 0.1) is 6.92 Å². The van der Waals surface area contributed by atoms with Gasteiger partial charge in [-0.3, -0.25) is 4.79 Å². The first kappa shape index (κ1) is 18.0. The molecule has 0 radical (unpaired) electrons. The lowest BCUT2D eigenvalue weighted by atomic mass is 10.1. The third kappa shape index (κ3) is 3.74. The van der Waals surface area contributed by atoms with E-state index in [1.165, 1.54) is 33.3 Å². The maximum atomic E-state index is 12.4. The van der Waals surface area contributed by atoms with E-state index in [0.29, 0.717) is 11.3 Å². The summed E-state index contributed by atoms with van der Waals surface area (Å²) in [4.78, 5) is 12.3. The van der Waals surface area contributed by atoms with Crippen LogP contribution in [-0.4, -0.2) is 39.8 Å². The molecule has 2 rings (SSSR count). The molecule has 0 unspecified atom stereocenters. The van der Waals surface area contributed by atoms with Gasteiger partial charge in [0.15, 0.2) is 0 Å². The fourth-order valence-corrected chi connectivity index (χ4v) is 3.14. The maximum Gasteiger partial charge on any atom is 0.255 e. The summed E-state index contributed by atoms with van der Waals surface area (Å²) in [6.07, 6.45) is 0. The molecule has 0 aliphatic carbocycles. The van der Waals surface area contributed by atoms with Crippen molar-refractivity contribution in [2.24, 2.45) is 0 Å². The molecular formula is C17H20N2O4S. The van der Waals surface area contributed by atoms with Crippen LogP contribution in [0.25, 0.3) is 0 Å². The van der Waals surface area contributed by atoms with E-state index >= 15 is 0 Å². The molecule has 24 heavy (non-hydrogen) atoms. The van der Waals surface area contributed by atoms with Crippen LogP contribution in [0.1, 0.15) is 15.9 Å². The predicted molar refractivity (Wildman–Crippen MR) is 93.0 cm³/mol. The van der Waals surface area contributed by atoms with Crippen molar-refractivity contribution >= 4 is 21.6 Å². The van der Waals surface area contributed by atoms with Gasteiger partial charge in [-0.05, 0) is 37.3 Å². The number of ether oxygens (including phenoxy) is 1. The SMILES string of the molecule is COc1ccc(NC(=O)c2ccc(C)cc2)cc1S(=O)(=O)N(C)C. The molecule has 0 aliphatic heterocycles. The molecule has 128 valence electrons. The highest BCUT2D eigenvalue weighted by Crippen LogP contribution is 2.29. The standard InChI is InChI=1S/C17H20N2O4S/c1-12-5-7-13(8-6-12)17(20)18-14-9-10-15(23-4)16(11-14)24(21,22)19(2)3/h5-11H,1-4H3,(H,18,20). The van der Waals surface area contributed by atoms with Crippen molar-refractivity contribution in [3.05, 3.63) is 53.6 Å². The third-order valence-electron chi connectivity index (χ3n) is 3.49. The monoisotopic (exact) mass is 348 g/mol. The maximum absolute atomic E-state index is 12.4. The molecule has 7 heteroatoms. The number of benzene rings is 2. The normalized spacial score (nSPS) is 11.4. The summed E-state index contributed by atoms with van der Waals surface area (Å²) in [6, 6.07) is 11.6. The number of hydrogen-bond donors (Lipinski definition) is 1. The number of sulfonamides is 1. The number of nitrogens with one attached hydrogen (secondary N) is 1. The number of aryl methyl sites for hydroxylation is 1. The van der Waals surface area contributed by atoms with Crippen molar-refractivity contribution in [1.29, 1.82) is 0 Å². The lowest BCUT2D eigenvalue weighted by Crippen LogP contribution is -2.23. The fourth-order valence-electron chi connectivity index (χ4n) is 2.06. The van der Waals surface area contributed by atoms with Gasteiger partial charge in [0.1, 0.15) is 10.6 Å². The number of carbonyl (C=O) groups excluding carboxylic acids is 1. The number of hydrogen-bond acceptors (Lipinski definition) is 4. The third-order valence-corrected chi connectivity index (χ3v) is 5.33. The summed E-state index contributed by atoms with van der Waals surface area (Å²) in [5.41, 5.74) is 1.92. The minimum atomic E-state index is -3.69. The van der Waals surface area contributed by atoms with Crippen LogP contribution in [0.5, 0.6) is 5.75 Å². The molecule has 0 saturated heterocycles.